The summed E-state index contributed by atoms with van der Waals surface area (Å²) in [6, 6.07) is 12.8. The van der Waals surface area contributed by atoms with E-state index >= 15 is 0 Å². The fraction of sp³-hybridized carbons (Fsp3) is 0.700. The molecule has 1 aromatic carbocycles. The molecule has 1 saturated heterocycles. The molecule has 3 aliphatic rings. The van der Waals surface area contributed by atoms with Crippen LogP contribution in [-0.2, 0) is 11.3 Å². The lowest BCUT2D eigenvalue weighted by atomic mass is 9.89. The summed E-state index contributed by atoms with van der Waals surface area (Å²) < 4.78 is 6.42. The number of benzene rings is 1. The molecule has 0 bridgehead atoms. The van der Waals surface area contributed by atoms with Crippen LogP contribution in [0.15, 0.2) is 30.3 Å². The molecule has 1 aromatic rings. The van der Waals surface area contributed by atoms with Crippen LogP contribution in [0.1, 0.15) is 50.5 Å². The lowest BCUT2D eigenvalue weighted by molar-refractivity contribution is -0.0643. The van der Waals surface area contributed by atoms with Crippen molar-refractivity contribution in [2.24, 2.45) is 0 Å². The standard InChI is InChI=1S/C20H30N2O/c1-2-7-16(8-3-1)15-23-20-12-5-4-10-19(20)22-14-13-21-17-9-6-11-18(17)22/h1-3,7-8,17-21H,4-6,9-15H2/t17-,18+,19+,20+/m1/s1. The van der Waals surface area contributed by atoms with Crippen molar-refractivity contribution in [3.05, 3.63) is 35.9 Å². The third-order valence-electron chi connectivity index (χ3n) is 6.08. The quantitative estimate of drug-likeness (QED) is 0.922. The molecule has 1 aliphatic heterocycles. The maximum atomic E-state index is 6.42. The van der Waals surface area contributed by atoms with Crippen LogP contribution >= 0.6 is 0 Å². The van der Waals surface area contributed by atoms with Gasteiger partial charge in [-0.3, -0.25) is 4.90 Å². The molecule has 126 valence electrons. The van der Waals surface area contributed by atoms with Crippen LogP contribution in [0.2, 0.25) is 0 Å². The lowest BCUT2D eigenvalue weighted by Gasteiger charge is -2.47. The average molecular weight is 314 g/mol. The number of piperazine rings is 1. The van der Waals surface area contributed by atoms with Gasteiger partial charge in [-0.05, 0) is 31.2 Å². The number of hydrogen-bond acceptors (Lipinski definition) is 3. The zero-order chi connectivity index (χ0) is 15.5. The van der Waals surface area contributed by atoms with Crippen molar-refractivity contribution >= 4 is 0 Å². The van der Waals surface area contributed by atoms with Gasteiger partial charge in [0.2, 0.25) is 0 Å². The highest BCUT2D eigenvalue weighted by molar-refractivity contribution is 5.13. The fourth-order valence-corrected chi connectivity index (χ4v) is 4.96. The maximum absolute atomic E-state index is 6.42. The highest BCUT2D eigenvalue weighted by atomic mass is 16.5. The highest BCUT2D eigenvalue weighted by Crippen LogP contribution is 2.34. The van der Waals surface area contributed by atoms with Crippen LogP contribution in [0, 0.1) is 0 Å². The summed E-state index contributed by atoms with van der Waals surface area (Å²) in [5.41, 5.74) is 1.30. The van der Waals surface area contributed by atoms with Gasteiger partial charge in [0.25, 0.3) is 0 Å². The Bertz CT molecular complexity index is 492. The van der Waals surface area contributed by atoms with Gasteiger partial charge in [-0.15, -0.1) is 0 Å². The van der Waals surface area contributed by atoms with Crippen LogP contribution in [0.5, 0.6) is 0 Å². The van der Waals surface area contributed by atoms with E-state index in [9.17, 15) is 0 Å². The Morgan fingerprint density at radius 1 is 0.957 bits per heavy atom. The van der Waals surface area contributed by atoms with Crippen LogP contribution in [0.25, 0.3) is 0 Å². The van der Waals surface area contributed by atoms with E-state index < -0.39 is 0 Å². The van der Waals surface area contributed by atoms with Crippen molar-refractivity contribution in [1.29, 1.82) is 0 Å². The van der Waals surface area contributed by atoms with Crippen molar-refractivity contribution in [3.63, 3.8) is 0 Å². The molecular weight excluding hydrogens is 284 g/mol. The summed E-state index contributed by atoms with van der Waals surface area (Å²) in [7, 11) is 0. The zero-order valence-corrected chi connectivity index (χ0v) is 14.1. The van der Waals surface area contributed by atoms with E-state index in [-0.39, 0.29) is 0 Å². The summed E-state index contributed by atoms with van der Waals surface area (Å²) in [6.07, 6.45) is 9.81. The molecule has 4 rings (SSSR count). The molecule has 1 N–H and O–H groups in total. The first kappa shape index (κ1) is 15.6. The smallest absolute Gasteiger partial charge is 0.0734 e. The van der Waals surface area contributed by atoms with Gasteiger partial charge in [0.15, 0.2) is 0 Å². The molecule has 2 saturated carbocycles. The van der Waals surface area contributed by atoms with Gasteiger partial charge < -0.3 is 10.1 Å². The SMILES string of the molecule is c1ccc(CO[C@H]2CCCC[C@@H]2N2CCN[C@@H]3CCC[C@@H]32)cc1. The second-order valence-electron chi connectivity index (χ2n) is 7.48. The molecule has 0 spiro atoms. The Kier molecular flexibility index (Phi) is 4.98. The minimum Gasteiger partial charge on any atom is -0.372 e. The second-order valence-corrected chi connectivity index (χ2v) is 7.48. The molecule has 0 aromatic heterocycles. The number of fused-ring (bicyclic) bond motifs is 1. The van der Waals surface area contributed by atoms with E-state index in [0.717, 1.165) is 25.2 Å². The molecular formula is C20H30N2O. The van der Waals surface area contributed by atoms with Crippen LogP contribution < -0.4 is 5.32 Å². The molecule has 23 heavy (non-hydrogen) atoms. The third-order valence-corrected chi connectivity index (χ3v) is 6.08. The molecule has 3 nitrogen and oxygen atoms in total. The molecule has 2 aliphatic carbocycles. The number of ether oxygens (including phenoxy) is 1. The van der Waals surface area contributed by atoms with Gasteiger partial charge in [-0.1, -0.05) is 49.6 Å². The predicted molar refractivity (Wildman–Crippen MR) is 93.4 cm³/mol. The summed E-state index contributed by atoms with van der Waals surface area (Å²) in [6.45, 7) is 3.13. The van der Waals surface area contributed by atoms with Crippen molar-refractivity contribution in [3.8, 4) is 0 Å². The van der Waals surface area contributed by atoms with Crippen LogP contribution in [0.3, 0.4) is 0 Å². The van der Waals surface area contributed by atoms with Crippen LogP contribution in [-0.4, -0.2) is 42.2 Å². The van der Waals surface area contributed by atoms with Crippen molar-refractivity contribution in [2.75, 3.05) is 13.1 Å². The summed E-state index contributed by atoms with van der Waals surface area (Å²) in [5, 5.41) is 3.74. The second kappa shape index (κ2) is 7.33. The molecule has 3 heteroatoms. The molecule has 3 fully saturated rings. The minimum atomic E-state index is 0.420. The van der Waals surface area contributed by atoms with E-state index in [1.54, 1.807) is 0 Å². The maximum Gasteiger partial charge on any atom is 0.0734 e. The van der Waals surface area contributed by atoms with Gasteiger partial charge >= 0.3 is 0 Å². The van der Waals surface area contributed by atoms with Gasteiger partial charge in [-0.25, -0.2) is 0 Å². The number of nitrogens with zero attached hydrogens (tertiary/aromatic N) is 1. The average Bonchev–Trinajstić information content (AvgIpc) is 3.10. The zero-order valence-electron chi connectivity index (χ0n) is 14.1. The number of rotatable bonds is 4. The predicted octanol–water partition coefficient (Wildman–Crippen LogP) is 3.34. The van der Waals surface area contributed by atoms with E-state index in [2.05, 4.69) is 40.5 Å². The monoisotopic (exact) mass is 314 g/mol. The van der Waals surface area contributed by atoms with E-state index in [4.69, 9.17) is 4.74 Å². The number of nitrogens with one attached hydrogen (secondary N) is 1. The highest BCUT2D eigenvalue weighted by Gasteiger charge is 2.41. The van der Waals surface area contributed by atoms with Crippen LogP contribution in [0.4, 0.5) is 0 Å². The molecule has 4 atom stereocenters. The van der Waals surface area contributed by atoms with Gasteiger partial charge in [0.05, 0.1) is 12.7 Å². The van der Waals surface area contributed by atoms with E-state index in [0.29, 0.717) is 12.1 Å². The first-order valence-electron chi connectivity index (χ1n) is 9.56. The lowest BCUT2D eigenvalue weighted by Crippen LogP contribution is -2.61. The summed E-state index contributed by atoms with van der Waals surface area (Å²) in [5.74, 6) is 0. The van der Waals surface area contributed by atoms with Gasteiger partial charge in [0, 0.05) is 31.2 Å². The van der Waals surface area contributed by atoms with Gasteiger partial charge in [0.1, 0.15) is 0 Å². The Labute approximate surface area is 140 Å². The largest absolute Gasteiger partial charge is 0.372 e. The number of hydrogen-bond donors (Lipinski definition) is 1. The van der Waals surface area contributed by atoms with Crippen molar-refractivity contribution in [2.45, 2.75) is 75.8 Å². The topological polar surface area (TPSA) is 24.5 Å². The normalized spacial score (nSPS) is 35.1. The summed E-state index contributed by atoms with van der Waals surface area (Å²) >= 11 is 0. The Morgan fingerprint density at radius 2 is 1.78 bits per heavy atom. The fourth-order valence-electron chi connectivity index (χ4n) is 4.96. The van der Waals surface area contributed by atoms with Gasteiger partial charge in [-0.2, -0.15) is 0 Å². The third kappa shape index (κ3) is 3.47. The molecule has 1 heterocycles. The molecule has 0 amide bonds. The minimum absolute atomic E-state index is 0.420. The Hall–Kier alpha value is -0.900. The van der Waals surface area contributed by atoms with E-state index in [1.807, 2.05) is 0 Å². The van der Waals surface area contributed by atoms with Crippen molar-refractivity contribution < 1.29 is 4.74 Å². The van der Waals surface area contributed by atoms with Crippen molar-refractivity contribution in [1.82, 2.24) is 10.2 Å². The molecule has 0 unspecified atom stereocenters. The van der Waals surface area contributed by atoms with E-state index in [1.165, 1.54) is 57.1 Å². The Morgan fingerprint density at radius 3 is 2.70 bits per heavy atom. The summed E-state index contributed by atoms with van der Waals surface area (Å²) in [4.78, 5) is 2.82. The first-order chi connectivity index (χ1) is 11.4. The first-order valence-corrected chi connectivity index (χ1v) is 9.56. The molecule has 0 radical (unpaired) electrons. The Balaban J connectivity index is 1.42.